The van der Waals surface area contributed by atoms with Crippen LogP contribution < -0.4 is 4.90 Å². The molecule has 0 spiro atoms. The number of rotatable bonds is 5. The van der Waals surface area contributed by atoms with Crippen molar-refractivity contribution in [2.75, 3.05) is 31.2 Å². The predicted molar refractivity (Wildman–Crippen MR) is 106 cm³/mol. The molecule has 2 aromatic rings. The van der Waals surface area contributed by atoms with Crippen LogP contribution in [0, 0.1) is 0 Å². The minimum absolute atomic E-state index is 0.0353. The molecule has 1 fully saturated rings. The Morgan fingerprint density at radius 1 is 1.23 bits per heavy atom. The van der Waals surface area contributed by atoms with Crippen LogP contribution in [0.5, 0.6) is 0 Å². The molecule has 2 aliphatic rings. The molecule has 2 atom stereocenters. The van der Waals surface area contributed by atoms with Gasteiger partial charge >= 0.3 is 6.55 Å². The number of nitrogens with zero attached hydrogens (tertiary/aromatic N) is 4. The Labute approximate surface area is 174 Å². The highest BCUT2D eigenvalue weighted by atomic mass is 19.3. The topological polar surface area (TPSA) is 69.5 Å². The Kier molecular flexibility index (Phi) is 6.10. The Bertz CT molecular complexity index is 908. The largest absolute Gasteiger partial charge is 0.381 e. The molecule has 2 aliphatic heterocycles. The van der Waals surface area contributed by atoms with Crippen molar-refractivity contribution in [3.05, 3.63) is 40.8 Å². The molecule has 0 N–H and O–H groups in total. The summed E-state index contributed by atoms with van der Waals surface area (Å²) in [4.78, 5) is 20.2. The summed E-state index contributed by atoms with van der Waals surface area (Å²) in [5.74, 6) is 0.602. The van der Waals surface area contributed by atoms with Gasteiger partial charge in [-0.3, -0.25) is 4.79 Å². The fourth-order valence-electron chi connectivity index (χ4n) is 4.16. The third-order valence-corrected chi connectivity index (χ3v) is 5.43. The van der Waals surface area contributed by atoms with Gasteiger partial charge in [0.1, 0.15) is 5.82 Å². The van der Waals surface area contributed by atoms with Crippen LogP contribution in [-0.4, -0.2) is 59.1 Å². The number of ketones is 1. The maximum absolute atomic E-state index is 13.2. The number of carbonyl (C=O) groups is 1. The van der Waals surface area contributed by atoms with Gasteiger partial charge in [0, 0.05) is 37.0 Å². The molecule has 4 rings (SSSR count). The second kappa shape index (κ2) is 8.77. The van der Waals surface area contributed by atoms with E-state index in [1.807, 2.05) is 19.9 Å². The number of alkyl halides is 2. The zero-order valence-corrected chi connectivity index (χ0v) is 17.2. The third kappa shape index (κ3) is 4.52. The van der Waals surface area contributed by atoms with Crippen LogP contribution in [0.4, 0.5) is 14.6 Å². The number of Topliss-reactive ketones (excluding diaryl/α,β-unsaturated/α-hetero) is 1. The molecule has 0 aromatic carbocycles. The van der Waals surface area contributed by atoms with Gasteiger partial charge in [-0.05, 0) is 38.0 Å². The molecular formula is C21H26F2N4O3. The zero-order valence-electron chi connectivity index (χ0n) is 17.2. The van der Waals surface area contributed by atoms with Crippen LogP contribution in [0.25, 0.3) is 0 Å². The summed E-state index contributed by atoms with van der Waals surface area (Å²) >= 11 is 0. The minimum atomic E-state index is -2.72. The molecule has 0 radical (unpaired) electrons. The third-order valence-electron chi connectivity index (χ3n) is 5.43. The molecular weight excluding hydrogens is 394 g/mol. The van der Waals surface area contributed by atoms with Gasteiger partial charge in [0.25, 0.3) is 0 Å². The molecule has 4 heterocycles. The van der Waals surface area contributed by atoms with Crippen LogP contribution in [0.2, 0.25) is 0 Å². The van der Waals surface area contributed by atoms with E-state index in [9.17, 15) is 13.6 Å². The van der Waals surface area contributed by atoms with E-state index in [1.54, 1.807) is 0 Å². The number of pyridine rings is 1. The van der Waals surface area contributed by atoms with E-state index >= 15 is 0 Å². The molecule has 2 aromatic heterocycles. The second-order valence-corrected chi connectivity index (χ2v) is 7.89. The lowest BCUT2D eigenvalue weighted by Crippen LogP contribution is -2.46. The molecule has 0 aliphatic carbocycles. The lowest BCUT2D eigenvalue weighted by Gasteiger charge is -2.36. The first kappa shape index (κ1) is 20.9. The number of ether oxygens (including phenoxy) is 2. The number of morpholine rings is 1. The van der Waals surface area contributed by atoms with Crippen LogP contribution in [0.15, 0.2) is 18.3 Å². The van der Waals surface area contributed by atoms with E-state index in [4.69, 9.17) is 14.5 Å². The monoisotopic (exact) mass is 420 g/mol. The highest BCUT2D eigenvalue weighted by Gasteiger charge is 2.27. The van der Waals surface area contributed by atoms with Gasteiger partial charge in [-0.15, -0.1) is 0 Å². The summed E-state index contributed by atoms with van der Waals surface area (Å²) in [7, 11) is 0. The first-order valence-electron chi connectivity index (χ1n) is 10.3. The molecule has 162 valence electrons. The van der Waals surface area contributed by atoms with Crippen molar-refractivity contribution in [1.29, 1.82) is 0 Å². The summed E-state index contributed by atoms with van der Waals surface area (Å²) in [6, 6.07) is 3.29. The summed E-state index contributed by atoms with van der Waals surface area (Å²) in [5, 5.41) is 3.82. The molecule has 30 heavy (non-hydrogen) atoms. The molecule has 7 nitrogen and oxygen atoms in total. The predicted octanol–water partition coefficient (Wildman–Crippen LogP) is 2.83. The number of hydrogen-bond acceptors (Lipinski definition) is 6. The van der Waals surface area contributed by atoms with Gasteiger partial charge in [0.15, 0.2) is 5.78 Å². The minimum Gasteiger partial charge on any atom is -0.381 e. The number of anilines is 1. The fourth-order valence-corrected chi connectivity index (χ4v) is 4.16. The average Bonchev–Trinajstić information content (AvgIpc) is 3.03. The van der Waals surface area contributed by atoms with E-state index in [0.717, 1.165) is 17.1 Å². The van der Waals surface area contributed by atoms with Gasteiger partial charge in [-0.1, -0.05) is 0 Å². The van der Waals surface area contributed by atoms with Crippen molar-refractivity contribution in [3.8, 4) is 0 Å². The van der Waals surface area contributed by atoms with Crippen LogP contribution in [0.1, 0.15) is 47.7 Å². The van der Waals surface area contributed by atoms with Gasteiger partial charge in [-0.25, -0.2) is 9.67 Å². The summed E-state index contributed by atoms with van der Waals surface area (Å²) in [5.41, 5.74) is 2.67. The summed E-state index contributed by atoms with van der Waals surface area (Å²) in [6.07, 6.45) is 2.53. The second-order valence-electron chi connectivity index (χ2n) is 7.89. The lowest BCUT2D eigenvalue weighted by molar-refractivity contribution is -0.00547. The van der Waals surface area contributed by atoms with Gasteiger partial charge in [0.05, 0.1) is 37.5 Å². The van der Waals surface area contributed by atoms with E-state index in [2.05, 4.69) is 10.00 Å². The molecule has 0 saturated carbocycles. The zero-order chi connectivity index (χ0) is 21.3. The average molecular weight is 420 g/mol. The first-order valence-corrected chi connectivity index (χ1v) is 10.3. The van der Waals surface area contributed by atoms with Crippen molar-refractivity contribution < 1.29 is 23.0 Å². The standard InChI is InChI=1S/C21H26F2N4O3/c1-13-11-26(12-14(2)30-13)20-10-17(16-4-7-29-8-5-18(16)24-20)19(28)9-15-3-6-27(25-15)21(22)23/h3,6,10,13-14,21H,4-5,7-9,11-12H2,1-2H3/t13-,14+. The van der Waals surface area contributed by atoms with Gasteiger partial charge < -0.3 is 14.4 Å². The number of fused-ring (bicyclic) bond motifs is 1. The quantitative estimate of drug-likeness (QED) is 0.693. The summed E-state index contributed by atoms with van der Waals surface area (Å²) in [6.45, 7) is 3.79. The number of hydrogen-bond donors (Lipinski definition) is 0. The fraction of sp³-hybridized carbons (Fsp3) is 0.571. The van der Waals surface area contributed by atoms with E-state index in [0.29, 0.717) is 55.1 Å². The molecule has 9 heteroatoms. The summed E-state index contributed by atoms with van der Waals surface area (Å²) < 4.78 is 37.6. The number of halogens is 2. The Balaban J connectivity index is 1.66. The van der Waals surface area contributed by atoms with E-state index < -0.39 is 6.55 Å². The molecule has 0 bridgehead atoms. The Morgan fingerprint density at radius 2 is 1.97 bits per heavy atom. The number of aromatic nitrogens is 3. The highest BCUT2D eigenvalue weighted by Crippen LogP contribution is 2.27. The maximum atomic E-state index is 13.2. The van der Waals surface area contributed by atoms with Crippen molar-refractivity contribution in [2.24, 2.45) is 0 Å². The lowest BCUT2D eigenvalue weighted by atomic mass is 9.96. The first-order chi connectivity index (χ1) is 14.4. The normalized spacial score (nSPS) is 22.1. The molecule has 1 saturated heterocycles. The van der Waals surface area contributed by atoms with Crippen LogP contribution in [-0.2, 0) is 28.7 Å². The smallest absolute Gasteiger partial charge is 0.333 e. The van der Waals surface area contributed by atoms with Crippen molar-refractivity contribution in [1.82, 2.24) is 14.8 Å². The Morgan fingerprint density at radius 3 is 2.67 bits per heavy atom. The Hall–Kier alpha value is -2.39. The highest BCUT2D eigenvalue weighted by molar-refractivity contribution is 5.99. The van der Waals surface area contributed by atoms with E-state index in [1.165, 1.54) is 12.3 Å². The maximum Gasteiger partial charge on any atom is 0.333 e. The van der Waals surface area contributed by atoms with Crippen molar-refractivity contribution in [3.63, 3.8) is 0 Å². The van der Waals surface area contributed by atoms with E-state index in [-0.39, 0.29) is 24.4 Å². The van der Waals surface area contributed by atoms with Gasteiger partial charge in [0.2, 0.25) is 0 Å². The van der Waals surface area contributed by atoms with Gasteiger partial charge in [-0.2, -0.15) is 13.9 Å². The number of carbonyl (C=O) groups excluding carboxylic acids is 1. The SMILES string of the molecule is C[C@@H]1CN(c2cc(C(=O)Cc3ccn(C(F)F)n3)c3c(n2)CCOCC3)C[C@H](C)O1. The van der Waals surface area contributed by atoms with Crippen LogP contribution >= 0.6 is 0 Å². The molecule has 0 amide bonds. The van der Waals surface area contributed by atoms with Crippen LogP contribution in [0.3, 0.4) is 0 Å². The molecule has 0 unspecified atom stereocenters. The van der Waals surface area contributed by atoms with Crippen molar-refractivity contribution in [2.45, 2.75) is 51.9 Å². The van der Waals surface area contributed by atoms with Crippen molar-refractivity contribution >= 4 is 11.6 Å².